The van der Waals surface area contributed by atoms with Gasteiger partial charge < -0.3 is 15.5 Å². The summed E-state index contributed by atoms with van der Waals surface area (Å²) in [5.74, 6) is -0.168. The van der Waals surface area contributed by atoms with Gasteiger partial charge in [-0.1, -0.05) is 0 Å². The topological polar surface area (TPSA) is 81.8 Å². The smallest absolute Gasteiger partial charge is 0.238 e. The van der Waals surface area contributed by atoms with Crippen LogP contribution in [0, 0.1) is 5.92 Å². The Morgan fingerprint density at radius 2 is 1.92 bits per heavy atom. The van der Waals surface area contributed by atoms with Crippen LogP contribution in [-0.2, 0) is 14.4 Å². The standard InChI is InChI=1S/C17H24N4O3/c1-12(22)20(3)15-6-4-14(5-7-15)19-16(23)11-21-9-8-13(10-21)17(24)18-2/h4-7,13H,8-11H2,1-3H3,(H,18,24)(H,19,23)/t13-/m1/s1. The largest absolute Gasteiger partial charge is 0.359 e. The Labute approximate surface area is 142 Å². The van der Waals surface area contributed by atoms with Crippen LogP contribution in [0.4, 0.5) is 11.4 Å². The lowest BCUT2D eigenvalue weighted by molar-refractivity contribution is -0.124. The molecule has 1 aliphatic rings. The van der Waals surface area contributed by atoms with Gasteiger partial charge in [-0.2, -0.15) is 0 Å². The molecule has 3 amide bonds. The van der Waals surface area contributed by atoms with Crippen molar-refractivity contribution < 1.29 is 14.4 Å². The Bertz CT molecular complexity index is 615. The molecule has 0 aliphatic carbocycles. The first-order valence-electron chi connectivity index (χ1n) is 7.99. The van der Waals surface area contributed by atoms with Crippen molar-refractivity contribution in [3.8, 4) is 0 Å². The molecule has 0 unspecified atom stereocenters. The molecule has 1 atom stereocenters. The third-order valence-electron chi connectivity index (χ3n) is 4.27. The minimum atomic E-state index is -0.111. The molecule has 1 fully saturated rings. The highest BCUT2D eigenvalue weighted by Gasteiger charge is 2.28. The zero-order valence-corrected chi connectivity index (χ0v) is 14.3. The molecule has 0 bridgehead atoms. The Kier molecular flexibility index (Phi) is 5.92. The van der Waals surface area contributed by atoms with Gasteiger partial charge in [-0.3, -0.25) is 19.3 Å². The number of hydrogen-bond acceptors (Lipinski definition) is 4. The van der Waals surface area contributed by atoms with Gasteiger partial charge >= 0.3 is 0 Å². The predicted octanol–water partition coefficient (Wildman–Crippen LogP) is 0.676. The van der Waals surface area contributed by atoms with Crippen LogP contribution in [0.3, 0.4) is 0 Å². The zero-order chi connectivity index (χ0) is 17.7. The molecular formula is C17H24N4O3. The van der Waals surface area contributed by atoms with E-state index in [2.05, 4.69) is 10.6 Å². The molecule has 2 rings (SSSR count). The van der Waals surface area contributed by atoms with Gasteiger partial charge in [0.1, 0.15) is 0 Å². The Balaban J connectivity index is 1.85. The second-order valence-electron chi connectivity index (χ2n) is 6.01. The lowest BCUT2D eigenvalue weighted by Gasteiger charge is -2.17. The number of likely N-dealkylation sites (tertiary alicyclic amines) is 1. The fourth-order valence-electron chi connectivity index (χ4n) is 2.75. The molecule has 7 heteroatoms. The number of anilines is 2. The van der Waals surface area contributed by atoms with E-state index in [1.165, 1.54) is 11.8 Å². The van der Waals surface area contributed by atoms with Crippen LogP contribution in [0.5, 0.6) is 0 Å². The number of nitrogens with one attached hydrogen (secondary N) is 2. The second-order valence-corrected chi connectivity index (χ2v) is 6.01. The van der Waals surface area contributed by atoms with E-state index in [0.717, 1.165) is 18.7 Å². The van der Waals surface area contributed by atoms with E-state index in [-0.39, 0.29) is 30.2 Å². The number of rotatable bonds is 5. The summed E-state index contributed by atoms with van der Waals surface area (Å²) < 4.78 is 0. The average Bonchev–Trinajstić information content (AvgIpc) is 3.02. The Morgan fingerprint density at radius 3 is 2.50 bits per heavy atom. The predicted molar refractivity (Wildman–Crippen MR) is 92.8 cm³/mol. The van der Waals surface area contributed by atoms with Crippen LogP contribution in [0.2, 0.25) is 0 Å². The summed E-state index contributed by atoms with van der Waals surface area (Å²) in [5.41, 5.74) is 1.45. The first kappa shape index (κ1) is 17.9. The van der Waals surface area contributed by atoms with Gasteiger partial charge in [0, 0.05) is 38.9 Å². The summed E-state index contributed by atoms with van der Waals surface area (Å²) >= 11 is 0. The molecule has 130 valence electrons. The van der Waals surface area contributed by atoms with E-state index in [1.807, 2.05) is 4.90 Å². The number of amides is 3. The first-order chi connectivity index (χ1) is 11.4. The fourth-order valence-corrected chi connectivity index (χ4v) is 2.75. The lowest BCUT2D eigenvalue weighted by Crippen LogP contribution is -2.34. The molecular weight excluding hydrogens is 308 g/mol. The third-order valence-corrected chi connectivity index (χ3v) is 4.27. The van der Waals surface area contributed by atoms with Gasteiger partial charge in [-0.25, -0.2) is 0 Å². The Hall–Kier alpha value is -2.41. The minimum absolute atomic E-state index is 0.0306. The molecule has 1 heterocycles. The summed E-state index contributed by atoms with van der Waals surface area (Å²) in [6.45, 7) is 3.11. The van der Waals surface area contributed by atoms with E-state index in [1.54, 1.807) is 38.4 Å². The van der Waals surface area contributed by atoms with Crippen LogP contribution < -0.4 is 15.5 Å². The summed E-state index contributed by atoms with van der Waals surface area (Å²) in [7, 11) is 3.33. The number of carbonyl (C=O) groups is 3. The minimum Gasteiger partial charge on any atom is -0.359 e. The Morgan fingerprint density at radius 1 is 1.25 bits per heavy atom. The van der Waals surface area contributed by atoms with Crippen molar-refractivity contribution in [3.63, 3.8) is 0 Å². The van der Waals surface area contributed by atoms with Crippen molar-refractivity contribution in [2.24, 2.45) is 5.92 Å². The summed E-state index contributed by atoms with van der Waals surface area (Å²) in [4.78, 5) is 38.6. The first-order valence-corrected chi connectivity index (χ1v) is 7.99. The van der Waals surface area contributed by atoms with Gasteiger partial charge in [-0.15, -0.1) is 0 Å². The van der Waals surface area contributed by atoms with Crippen molar-refractivity contribution in [2.75, 3.05) is 43.9 Å². The maximum absolute atomic E-state index is 12.1. The van der Waals surface area contributed by atoms with Crippen LogP contribution in [0.1, 0.15) is 13.3 Å². The quantitative estimate of drug-likeness (QED) is 0.831. The molecule has 0 spiro atoms. The zero-order valence-electron chi connectivity index (χ0n) is 14.3. The monoisotopic (exact) mass is 332 g/mol. The highest BCUT2D eigenvalue weighted by atomic mass is 16.2. The van der Waals surface area contributed by atoms with E-state index in [0.29, 0.717) is 12.2 Å². The van der Waals surface area contributed by atoms with E-state index >= 15 is 0 Å². The molecule has 0 saturated carbocycles. The molecule has 7 nitrogen and oxygen atoms in total. The van der Waals surface area contributed by atoms with Crippen molar-refractivity contribution >= 4 is 29.1 Å². The van der Waals surface area contributed by atoms with Gasteiger partial charge in [0.25, 0.3) is 0 Å². The molecule has 0 aromatic heterocycles. The maximum atomic E-state index is 12.1. The number of benzene rings is 1. The van der Waals surface area contributed by atoms with Crippen LogP contribution in [0.15, 0.2) is 24.3 Å². The van der Waals surface area contributed by atoms with Crippen molar-refractivity contribution in [1.29, 1.82) is 0 Å². The lowest BCUT2D eigenvalue weighted by atomic mass is 10.1. The highest BCUT2D eigenvalue weighted by molar-refractivity contribution is 5.94. The molecule has 0 radical (unpaired) electrons. The van der Waals surface area contributed by atoms with Crippen molar-refractivity contribution in [2.45, 2.75) is 13.3 Å². The van der Waals surface area contributed by atoms with Crippen molar-refractivity contribution in [3.05, 3.63) is 24.3 Å². The van der Waals surface area contributed by atoms with Crippen LogP contribution >= 0.6 is 0 Å². The number of carbonyl (C=O) groups excluding carboxylic acids is 3. The van der Waals surface area contributed by atoms with Crippen LogP contribution in [0.25, 0.3) is 0 Å². The molecule has 1 aromatic rings. The van der Waals surface area contributed by atoms with E-state index in [9.17, 15) is 14.4 Å². The van der Waals surface area contributed by atoms with E-state index in [4.69, 9.17) is 0 Å². The highest BCUT2D eigenvalue weighted by Crippen LogP contribution is 2.18. The summed E-state index contributed by atoms with van der Waals surface area (Å²) in [6, 6.07) is 7.11. The number of nitrogens with zero attached hydrogens (tertiary/aromatic N) is 2. The van der Waals surface area contributed by atoms with Gasteiger partial charge in [0.05, 0.1) is 12.5 Å². The van der Waals surface area contributed by atoms with Gasteiger partial charge in [0.2, 0.25) is 17.7 Å². The van der Waals surface area contributed by atoms with E-state index < -0.39 is 0 Å². The van der Waals surface area contributed by atoms with Gasteiger partial charge in [0.15, 0.2) is 0 Å². The summed E-state index contributed by atoms with van der Waals surface area (Å²) in [5, 5.41) is 5.49. The average molecular weight is 332 g/mol. The summed E-state index contributed by atoms with van der Waals surface area (Å²) in [6.07, 6.45) is 0.777. The molecule has 1 aromatic carbocycles. The van der Waals surface area contributed by atoms with Crippen molar-refractivity contribution in [1.82, 2.24) is 10.2 Å². The second kappa shape index (κ2) is 7.92. The normalized spacial score (nSPS) is 17.4. The molecule has 2 N–H and O–H groups in total. The fraction of sp³-hybridized carbons (Fsp3) is 0.471. The number of hydrogen-bond donors (Lipinski definition) is 2. The molecule has 24 heavy (non-hydrogen) atoms. The SMILES string of the molecule is CNC(=O)[C@@H]1CCN(CC(=O)Nc2ccc(N(C)C(C)=O)cc2)C1. The van der Waals surface area contributed by atoms with Crippen LogP contribution in [-0.4, -0.2) is 56.4 Å². The third kappa shape index (κ3) is 4.55. The maximum Gasteiger partial charge on any atom is 0.238 e. The molecule has 1 aliphatic heterocycles. The van der Waals surface area contributed by atoms with Gasteiger partial charge in [-0.05, 0) is 37.2 Å². The molecule has 1 saturated heterocycles.